The van der Waals surface area contributed by atoms with Crippen molar-refractivity contribution in [2.45, 2.75) is 26.0 Å². The van der Waals surface area contributed by atoms with Gasteiger partial charge in [-0.25, -0.2) is 0 Å². The van der Waals surface area contributed by atoms with Crippen LogP contribution in [0.25, 0.3) is 0 Å². The fourth-order valence-corrected chi connectivity index (χ4v) is 0.907. The van der Waals surface area contributed by atoms with Crippen LogP contribution in [-0.4, -0.2) is 17.2 Å². The molecule has 1 rings (SSSR count). The van der Waals surface area contributed by atoms with Gasteiger partial charge in [0.25, 0.3) is 0 Å². The standard InChI is InChI=1S/C11H14O3/c1-9(12)7-11(13)14-8-10-5-3-2-4-6-10/h2-6,9,12H,7-8H2,1H3/t9-/m1/s1/i7D2,9D. The lowest BCUT2D eigenvalue weighted by atomic mass is 10.2. The highest BCUT2D eigenvalue weighted by molar-refractivity contribution is 5.69. The molecule has 0 aliphatic heterocycles. The molecular weight excluding hydrogens is 180 g/mol. The van der Waals surface area contributed by atoms with Gasteiger partial charge in [-0.05, 0) is 12.5 Å². The maximum absolute atomic E-state index is 11.4. The highest BCUT2D eigenvalue weighted by Gasteiger charge is 2.06. The molecule has 76 valence electrons. The van der Waals surface area contributed by atoms with Crippen molar-refractivity contribution in [3.05, 3.63) is 35.9 Å². The van der Waals surface area contributed by atoms with Gasteiger partial charge < -0.3 is 9.84 Å². The topological polar surface area (TPSA) is 46.5 Å². The molecule has 0 bridgehead atoms. The van der Waals surface area contributed by atoms with Gasteiger partial charge in [-0.3, -0.25) is 4.79 Å². The van der Waals surface area contributed by atoms with Crippen molar-refractivity contribution in [1.29, 1.82) is 0 Å². The molecule has 0 unspecified atom stereocenters. The van der Waals surface area contributed by atoms with Crippen molar-refractivity contribution < 1.29 is 18.8 Å². The first-order valence-corrected chi connectivity index (χ1v) is 4.18. The molecule has 1 atom stereocenters. The second kappa shape index (κ2) is 5.40. The van der Waals surface area contributed by atoms with Gasteiger partial charge in [0.15, 0.2) is 0 Å². The lowest BCUT2D eigenvalue weighted by Gasteiger charge is -2.05. The SMILES string of the molecule is [2H]C([2H])(C(=O)OCc1ccccc1)[C@@]([2H])(C)O. The van der Waals surface area contributed by atoms with Crippen molar-refractivity contribution in [2.24, 2.45) is 0 Å². The Labute approximate surface area is 87.5 Å². The van der Waals surface area contributed by atoms with Crippen LogP contribution in [0.2, 0.25) is 0 Å². The van der Waals surface area contributed by atoms with Crippen molar-refractivity contribution in [3.8, 4) is 0 Å². The summed E-state index contributed by atoms with van der Waals surface area (Å²) in [5.41, 5.74) is 0.710. The highest BCUT2D eigenvalue weighted by Crippen LogP contribution is 2.02. The van der Waals surface area contributed by atoms with Crippen LogP contribution < -0.4 is 0 Å². The first-order chi connectivity index (χ1) is 7.75. The predicted octanol–water partition coefficient (Wildman–Crippen LogP) is 1.50. The molecule has 0 fully saturated rings. The zero-order valence-corrected chi connectivity index (χ0v) is 7.86. The van der Waals surface area contributed by atoms with E-state index in [1.165, 1.54) is 0 Å². The van der Waals surface area contributed by atoms with E-state index in [1.54, 1.807) is 30.3 Å². The summed E-state index contributed by atoms with van der Waals surface area (Å²) in [5.74, 6) is -1.25. The average molecular weight is 197 g/mol. The minimum absolute atomic E-state index is 0.0880. The van der Waals surface area contributed by atoms with Crippen LogP contribution in [0.4, 0.5) is 0 Å². The molecular formula is C11H14O3. The summed E-state index contributed by atoms with van der Waals surface area (Å²) in [5, 5.41) is 9.20. The summed E-state index contributed by atoms with van der Waals surface area (Å²) in [7, 11) is 0. The molecule has 1 aromatic rings. The van der Waals surface area contributed by atoms with Crippen molar-refractivity contribution in [3.63, 3.8) is 0 Å². The monoisotopic (exact) mass is 197 g/mol. The molecule has 3 nitrogen and oxygen atoms in total. The van der Waals surface area contributed by atoms with E-state index in [0.29, 0.717) is 5.56 Å². The van der Waals surface area contributed by atoms with Crippen LogP contribution in [-0.2, 0) is 16.1 Å². The summed E-state index contributed by atoms with van der Waals surface area (Å²) in [4.78, 5) is 11.4. The van der Waals surface area contributed by atoms with E-state index in [0.717, 1.165) is 6.92 Å². The Balaban J connectivity index is 2.62. The summed E-state index contributed by atoms with van der Waals surface area (Å²) in [6, 6.07) is 8.78. The third kappa shape index (κ3) is 4.05. The third-order valence-corrected chi connectivity index (χ3v) is 1.50. The molecule has 0 radical (unpaired) electrons. The summed E-state index contributed by atoms with van der Waals surface area (Å²) in [6.07, 6.45) is -5.29. The highest BCUT2D eigenvalue weighted by atomic mass is 16.5. The molecule has 0 spiro atoms. The van der Waals surface area contributed by atoms with Gasteiger partial charge in [0.1, 0.15) is 6.61 Å². The fraction of sp³-hybridized carbons (Fsp3) is 0.364. The number of ether oxygens (including phenoxy) is 1. The number of rotatable bonds is 4. The Bertz CT molecular complexity index is 385. The van der Waals surface area contributed by atoms with Crippen LogP contribution in [0, 0.1) is 0 Å². The first kappa shape index (κ1) is 7.01. The zero-order chi connectivity index (χ0) is 13.1. The van der Waals surface area contributed by atoms with Crippen molar-refractivity contribution in [1.82, 2.24) is 0 Å². The average Bonchev–Trinajstić information content (AvgIpc) is 2.25. The molecule has 1 N–H and O–H groups in total. The Hall–Kier alpha value is -1.35. The van der Waals surface area contributed by atoms with Gasteiger partial charge in [-0.2, -0.15) is 0 Å². The Morgan fingerprint density at radius 3 is 2.86 bits per heavy atom. The maximum atomic E-state index is 11.4. The van der Waals surface area contributed by atoms with Gasteiger partial charge in [0.2, 0.25) is 0 Å². The van der Waals surface area contributed by atoms with E-state index in [9.17, 15) is 9.90 Å². The largest absolute Gasteiger partial charge is 0.461 e. The van der Waals surface area contributed by atoms with E-state index >= 15 is 0 Å². The molecule has 0 amide bonds. The third-order valence-electron chi connectivity index (χ3n) is 1.50. The lowest BCUT2D eigenvalue weighted by molar-refractivity contribution is -0.146. The lowest BCUT2D eigenvalue weighted by Crippen LogP contribution is -2.12. The molecule has 0 saturated carbocycles. The smallest absolute Gasteiger partial charge is 0.308 e. The molecule has 0 aromatic heterocycles. The van der Waals surface area contributed by atoms with Crippen molar-refractivity contribution >= 4 is 5.97 Å². The van der Waals surface area contributed by atoms with Gasteiger partial charge >= 0.3 is 5.97 Å². The number of carbonyl (C=O) groups excluding carboxylic acids is 1. The van der Waals surface area contributed by atoms with Crippen LogP contribution in [0.5, 0.6) is 0 Å². The minimum Gasteiger partial charge on any atom is -0.461 e. The molecule has 1 aromatic carbocycles. The Morgan fingerprint density at radius 2 is 2.29 bits per heavy atom. The Morgan fingerprint density at radius 1 is 1.64 bits per heavy atom. The number of aliphatic hydroxyl groups is 1. The van der Waals surface area contributed by atoms with E-state index in [4.69, 9.17) is 8.85 Å². The maximum Gasteiger partial charge on any atom is 0.308 e. The van der Waals surface area contributed by atoms with Gasteiger partial charge in [-0.15, -0.1) is 0 Å². The van der Waals surface area contributed by atoms with Gasteiger partial charge in [0.05, 0.1) is 13.8 Å². The molecule has 0 saturated heterocycles. The van der Waals surface area contributed by atoms with Gasteiger partial charge in [0, 0.05) is 2.74 Å². The number of hydrogen-bond donors (Lipinski definition) is 1. The molecule has 0 heterocycles. The Kier molecular flexibility index (Phi) is 2.70. The van der Waals surface area contributed by atoms with Crippen LogP contribution in [0.3, 0.4) is 0 Å². The molecule has 3 heteroatoms. The molecule has 14 heavy (non-hydrogen) atoms. The van der Waals surface area contributed by atoms with E-state index in [-0.39, 0.29) is 6.61 Å². The van der Waals surface area contributed by atoms with Crippen molar-refractivity contribution in [2.75, 3.05) is 0 Å². The minimum atomic E-state index is -2.76. The normalized spacial score (nSPS) is 18.6. The number of benzene rings is 1. The molecule has 0 aliphatic rings. The predicted molar refractivity (Wildman–Crippen MR) is 52.5 cm³/mol. The van der Waals surface area contributed by atoms with Crippen LogP contribution in [0.15, 0.2) is 30.3 Å². The number of carbonyl (C=O) groups is 1. The van der Waals surface area contributed by atoms with E-state index < -0.39 is 18.4 Å². The second-order valence-electron chi connectivity index (χ2n) is 2.77. The summed E-state index contributed by atoms with van der Waals surface area (Å²) < 4.78 is 26.5. The summed E-state index contributed by atoms with van der Waals surface area (Å²) in [6.45, 7) is 0.812. The first-order valence-electron chi connectivity index (χ1n) is 5.68. The second-order valence-corrected chi connectivity index (χ2v) is 2.77. The molecule has 0 aliphatic carbocycles. The zero-order valence-electron chi connectivity index (χ0n) is 10.9. The van der Waals surface area contributed by atoms with E-state index in [2.05, 4.69) is 0 Å². The number of esters is 1. The quantitative estimate of drug-likeness (QED) is 0.744. The number of hydrogen-bond acceptors (Lipinski definition) is 3. The van der Waals surface area contributed by atoms with Crippen LogP contribution >= 0.6 is 0 Å². The summed E-state index contributed by atoms with van der Waals surface area (Å²) >= 11 is 0. The fourth-order valence-electron chi connectivity index (χ4n) is 0.907. The van der Waals surface area contributed by atoms with Crippen LogP contribution in [0.1, 0.15) is 23.0 Å². The van der Waals surface area contributed by atoms with E-state index in [1.807, 2.05) is 0 Å². The van der Waals surface area contributed by atoms with Gasteiger partial charge in [-0.1, -0.05) is 30.3 Å².